The minimum Gasteiger partial charge on any atom is -0.363 e. The molecule has 3 rings (SSSR count). The van der Waals surface area contributed by atoms with Crippen LogP contribution in [0.3, 0.4) is 0 Å². The zero-order chi connectivity index (χ0) is 18.4. The molecule has 0 bridgehead atoms. The zero-order valence-corrected chi connectivity index (χ0v) is 16.8. The van der Waals surface area contributed by atoms with E-state index in [9.17, 15) is 0 Å². The number of benzene rings is 1. The van der Waals surface area contributed by atoms with Gasteiger partial charge in [0.2, 0.25) is 0 Å². The van der Waals surface area contributed by atoms with Gasteiger partial charge >= 0.3 is 0 Å². The summed E-state index contributed by atoms with van der Waals surface area (Å²) < 4.78 is 0. The van der Waals surface area contributed by atoms with E-state index in [0.717, 1.165) is 30.4 Å². The van der Waals surface area contributed by atoms with Crippen LogP contribution in [0.15, 0.2) is 35.3 Å². The number of nitrogens with one attached hydrogen (secondary N) is 2. The molecule has 5 nitrogen and oxygen atoms in total. The molecule has 0 radical (unpaired) electrons. The molecular formula is C20H29N5S. The van der Waals surface area contributed by atoms with Crippen molar-refractivity contribution < 1.29 is 0 Å². The van der Waals surface area contributed by atoms with Crippen molar-refractivity contribution in [3.8, 4) is 0 Å². The number of pyridine rings is 1. The third-order valence-electron chi connectivity index (χ3n) is 4.52. The first kappa shape index (κ1) is 18.8. The number of thioether (sulfide) groups is 1. The molecule has 1 aromatic carbocycles. The van der Waals surface area contributed by atoms with Gasteiger partial charge in [-0.05, 0) is 43.2 Å². The van der Waals surface area contributed by atoms with E-state index >= 15 is 0 Å². The molecule has 1 atom stereocenters. The van der Waals surface area contributed by atoms with E-state index in [4.69, 9.17) is 9.98 Å². The van der Waals surface area contributed by atoms with Crippen molar-refractivity contribution in [1.82, 2.24) is 15.6 Å². The molecular weight excluding hydrogens is 342 g/mol. The van der Waals surface area contributed by atoms with Crippen molar-refractivity contribution >= 4 is 34.4 Å². The average molecular weight is 372 g/mol. The standard InChI is InChI=1S/C20H29N5S/c1-4-21-20(23-14-16-8-7-11-26-16)22-13-15-12-19(25(2)3)24-18-10-6-5-9-17(15)18/h5-6,9-10,12,16H,4,7-8,11,13-14H2,1-3H3,(H2,21,22,23). The molecule has 1 aliphatic rings. The highest BCUT2D eigenvalue weighted by Crippen LogP contribution is 2.25. The van der Waals surface area contributed by atoms with E-state index in [2.05, 4.69) is 53.6 Å². The molecule has 6 heteroatoms. The Kier molecular flexibility index (Phi) is 6.61. The molecule has 1 fully saturated rings. The summed E-state index contributed by atoms with van der Waals surface area (Å²) >= 11 is 2.06. The Morgan fingerprint density at radius 3 is 2.88 bits per heavy atom. The second-order valence-corrected chi connectivity index (χ2v) is 8.17. The van der Waals surface area contributed by atoms with Crippen LogP contribution < -0.4 is 15.5 Å². The minimum absolute atomic E-state index is 0.636. The Bertz CT molecular complexity index is 753. The van der Waals surface area contributed by atoms with Crippen LogP contribution in [0.4, 0.5) is 5.82 Å². The van der Waals surface area contributed by atoms with Crippen LogP contribution in [0.5, 0.6) is 0 Å². The molecule has 0 amide bonds. The lowest BCUT2D eigenvalue weighted by atomic mass is 10.1. The molecule has 140 valence electrons. The van der Waals surface area contributed by atoms with Gasteiger partial charge in [0.05, 0.1) is 12.1 Å². The number of aliphatic imine (C=N–C) groups is 1. The number of para-hydroxylation sites is 1. The molecule has 26 heavy (non-hydrogen) atoms. The van der Waals surface area contributed by atoms with Gasteiger partial charge in [-0.15, -0.1) is 0 Å². The van der Waals surface area contributed by atoms with E-state index in [1.807, 2.05) is 25.1 Å². The minimum atomic E-state index is 0.636. The van der Waals surface area contributed by atoms with Gasteiger partial charge in [-0.1, -0.05) is 18.2 Å². The third-order valence-corrected chi connectivity index (χ3v) is 5.92. The number of hydrogen-bond donors (Lipinski definition) is 2. The molecule has 2 aromatic rings. The van der Waals surface area contributed by atoms with Gasteiger partial charge in [0.1, 0.15) is 5.82 Å². The van der Waals surface area contributed by atoms with Crippen molar-refractivity contribution in [3.05, 3.63) is 35.9 Å². The van der Waals surface area contributed by atoms with Gasteiger partial charge < -0.3 is 15.5 Å². The summed E-state index contributed by atoms with van der Waals surface area (Å²) in [6.07, 6.45) is 2.64. The molecule has 0 saturated carbocycles. The van der Waals surface area contributed by atoms with Gasteiger partial charge in [0.25, 0.3) is 0 Å². The highest BCUT2D eigenvalue weighted by molar-refractivity contribution is 8.00. The van der Waals surface area contributed by atoms with E-state index < -0.39 is 0 Å². The SMILES string of the molecule is CCNC(=NCc1cc(N(C)C)nc2ccccc12)NCC1CCCS1. The monoisotopic (exact) mass is 371 g/mol. The lowest BCUT2D eigenvalue weighted by molar-refractivity contribution is 0.727. The lowest BCUT2D eigenvalue weighted by Crippen LogP contribution is -2.40. The van der Waals surface area contributed by atoms with Crippen molar-refractivity contribution in [2.75, 3.05) is 37.8 Å². The molecule has 1 aliphatic heterocycles. The lowest BCUT2D eigenvalue weighted by Gasteiger charge is -2.16. The fraction of sp³-hybridized carbons (Fsp3) is 0.500. The molecule has 1 unspecified atom stereocenters. The Balaban J connectivity index is 1.79. The molecule has 1 aromatic heterocycles. The number of fused-ring (bicyclic) bond motifs is 1. The van der Waals surface area contributed by atoms with Crippen molar-refractivity contribution in [1.29, 1.82) is 0 Å². The number of aromatic nitrogens is 1. The van der Waals surface area contributed by atoms with Gasteiger partial charge in [-0.3, -0.25) is 0 Å². The predicted molar refractivity (Wildman–Crippen MR) is 114 cm³/mol. The van der Waals surface area contributed by atoms with Crippen LogP contribution in [0, 0.1) is 0 Å². The van der Waals surface area contributed by atoms with Gasteiger partial charge in [0.15, 0.2) is 5.96 Å². The fourth-order valence-electron chi connectivity index (χ4n) is 3.11. The van der Waals surface area contributed by atoms with Gasteiger partial charge in [-0.2, -0.15) is 11.8 Å². The maximum atomic E-state index is 4.83. The fourth-order valence-corrected chi connectivity index (χ4v) is 4.31. The van der Waals surface area contributed by atoms with Crippen LogP contribution in [0.1, 0.15) is 25.3 Å². The maximum absolute atomic E-state index is 4.83. The number of guanidine groups is 1. The van der Waals surface area contributed by atoms with E-state index in [0.29, 0.717) is 11.8 Å². The summed E-state index contributed by atoms with van der Waals surface area (Å²) in [6, 6.07) is 10.4. The van der Waals surface area contributed by atoms with Crippen LogP contribution in [-0.2, 0) is 6.54 Å². The Labute approximate surface area is 160 Å². The summed E-state index contributed by atoms with van der Waals surface area (Å²) in [4.78, 5) is 11.6. The van der Waals surface area contributed by atoms with E-state index in [1.54, 1.807) is 0 Å². The Hall–Kier alpha value is -1.95. The van der Waals surface area contributed by atoms with Gasteiger partial charge in [0, 0.05) is 37.8 Å². The number of nitrogens with zero attached hydrogens (tertiary/aromatic N) is 3. The number of hydrogen-bond acceptors (Lipinski definition) is 4. The summed E-state index contributed by atoms with van der Waals surface area (Å²) in [6.45, 7) is 4.59. The van der Waals surface area contributed by atoms with E-state index in [1.165, 1.54) is 29.5 Å². The third kappa shape index (κ3) is 4.81. The smallest absolute Gasteiger partial charge is 0.191 e. The second-order valence-electron chi connectivity index (χ2n) is 6.76. The van der Waals surface area contributed by atoms with Crippen LogP contribution >= 0.6 is 11.8 Å². The summed E-state index contributed by atoms with van der Waals surface area (Å²) in [5.74, 6) is 3.15. The molecule has 0 spiro atoms. The quantitative estimate of drug-likeness (QED) is 0.603. The summed E-state index contributed by atoms with van der Waals surface area (Å²) in [7, 11) is 4.05. The Morgan fingerprint density at radius 2 is 2.15 bits per heavy atom. The molecule has 0 aliphatic carbocycles. The first-order valence-corrected chi connectivity index (χ1v) is 10.4. The maximum Gasteiger partial charge on any atom is 0.191 e. The van der Waals surface area contributed by atoms with Crippen LogP contribution in [0.2, 0.25) is 0 Å². The largest absolute Gasteiger partial charge is 0.363 e. The van der Waals surface area contributed by atoms with Crippen molar-refractivity contribution in [2.45, 2.75) is 31.6 Å². The summed E-state index contributed by atoms with van der Waals surface area (Å²) in [5.41, 5.74) is 2.22. The van der Waals surface area contributed by atoms with Gasteiger partial charge in [-0.25, -0.2) is 9.98 Å². The topological polar surface area (TPSA) is 52.6 Å². The Morgan fingerprint density at radius 1 is 1.31 bits per heavy atom. The second kappa shape index (κ2) is 9.12. The van der Waals surface area contributed by atoms with Crippen LogP contribution in [0.25, 0.3) is 10.9 Å². The zero-order valence-electron chi connectivity index (χ0n) is 16.0. The molecule has 1 saturated heterocycles. The molecule has 2 N–H and O–H groups in total. The first-order valence-electron chi connectivity index (χ1n) is 9.37. The normalized spacial score (nSPS) is 17.5. The highest BCUT2D eigenvalue weighted by Gasteiger charge is 2.15. The van der Waals surface area contributed by atoms with Crippen LogP contribution in [-0.4, -0.2) is 49.1 Å². The average Bonchev–Trinajstić information content (AvgIpc) is 3.17. The van der Waals surface area contributed by atoms with E-state index in [-0.39, 0.29) is 0 Å². The van der Waals surface area contributed by atoms with Crippen molar-refractivity contribution in [3.63, 3.8) is 0 Å². The first-order chi connectivity index (χ1) is 12.7. The predicted octanol–water partition coefficient (Wildman–Crippen LogP) is 3.25. The van der Waals surface area contributed by atoms with Crippen molar-refractivity contribution in [2.24, 2.45) is 4.99 Å². The molecule has 2 heterocycles. The number of rotatable bonds is 6. The summed E-state index contributed by atoms with van der Waals surface area (Å²) in [5, 5.41) is 8.76. The highest BCUT2D eigenvalue weighted by atomic mass is 32.2. The number of anilines is 1.